The van der Waals surface area contributed by atoms with E-state index in [-0.39, 0.29) is 78.8 Å². The third kappa shape index (κ3) is 6.53. The molecule has 0 spiro atoms. The topological polar surface area (TPSA) is 138 Å². The first-order valence-electron chi connectivity index (χ1n) is 21.6. The maximum atomic E-state index is 13.4. The van der Waals surface area contributed by atoms with Gasteiger partial charge in [0.15, 0.2) is 0 Å². The summed E-state index contributed by atoms with van der Waals surface area (Å²) in [4.78, 5) is 20.2. The molecule has 2 saturated heterocycles. The molecule has 56 heavy (non-hydrogen) atoms. The molecule has 8 atom stereocenters. The minimum atomic E-state index is -0.415. The number of imidazole rings is 2. The molecule has 2 saturated carbocycles. The maximum Gasteiger partial charge on any atom is 0.244 e. The fourth-order valence-electron chi connectivity index (χ4n) is 12.5. The Morgan fingerprint density at radius 1 is 0.929 bits per heavy atom. The van der Waals surface area contributed by atoms with E-state index >= 15 is 0 Å². The van der Waals surface area contributed by atoms with Gasteiger partial charge in [0.25, 0.3) is 0 Å². The van der Waals surface area contributed by atoms with Crippen LogP contribution in [0.3, 0.4) is 0 Å². The van der Waals surface area contributed by atoms with Gasteiger partial charge in [0.05, 0.1) is 24.5 Å². The number of amides is 1. The smallest absolute Gasteiger partial charge is 0.244 e. The van der Waals surface area contributed by atoms with Gasteiger partial charge in [-0.1, -0.05) is 83.1 Å². The van der Waals surface area contributed by atoms with Crippen LogP contribution >= 0.6 is 0 Å². The van der Waals surface area contributed by atoms with Crippen molar-refractivity contribution in [2.75, 3.05) is 6.54 Å². The van der Waals surface area contributed by atoms with Crippen LogP contribution < -0.4 is 21.8 Å². The summed E-state index contributed by atoms with van der Waals surface area (Å²) < 4.78 is 13.3. The first-order valence-corrected chi connectivity index (χ1v) is 21.6. The summed E-state index contributed by atoms with van der Waals surface area (Å²) >= 11 is 0. The highest BCUT2D eigenvalue weighted by Gasteiger charge is 2.78. The van der Waals surface area contributed by atoms with Crippen molar-refractivity contribution in [1.82, 2.24) is 19.0 Å². The third-order valence-electron chi connectivity index (χ3n) is 18.2. The summed E-state index contributed by atoms with van der Waals surface area (Å²) in [6.07, 6.45) is 19.5. The Balaban J connectivity index is 1.35. The van der Waals surface area contributed by atoms with Crippen LogP contribution in [0.1, 0.15) is 155 Å². The average Bonchev–Trinajstić information content (AvgIpc) is 3.75. The van der Waals surface area contributed by atoms with Crippen molar-refractivity contribution in [2.24, 2.45) is 62.2 Å². The molecule has 4 aliphatic rings. The Labute approximate surface area is 340 Å². The summed E-state index contributed by atoms with van der Waals surface area (Å²) in [7, 11) is 2.09. The van der Waals surface area contributed by atoms with Crippen molar-refractivity contribution in [3.8, 4) is 0 Å². The lowest BCUT2D eigenvalue weighted by atomic mass is 9.45. The highest BCUT2D eigenvalue weighted by Crippen LogP contribution is 2.78. The summed E-state index contributed by atoms with van der Waals surface area (Å²) in [5.74, 6) is 0.256. The van der Waals surface area contributed by atoms with Gasteiger partial charge in [-0.3, -0.25) is 4.79 Å². The molecule has 10 nitrogen and oxygen atoms in total. The summed E-state index contributed by atoms with van der Waals surface area (Å²) in [5, 5.41) is 0. The number of ether oxygens (including phenoxy) is 1. The zero-order chi connectivity index (χ0) is 42.1. The quantitative estimate of drug-likeness (QED) is 0.114. The van der Waals surface area contributed by atoms with Crippen molar-refractivity contribution >= 4 is 5.91 Å². The summed E-state index contributed by atoms with van der Waals surface area (Å²) in [5.41, 5.74) is 18.3. The molecule has 8 unspecified atom stereocenters. The van der Waals surface area contributed by atoms with E-state index < -0.39 is 5.54 Å². The van der Waals surface area contributed by atoms with E-state index in [0.717, 1.165) is 51.5 Å². The van der Waals surface area contributed by atoms with Crippen LogP contribution in [0.4, 0.5) is 0 Å². The van der Waals surface area contributed by atoms with E-state index in [9.17, 15) is 4.79 Å². The van der Waals surface area contributed by atoms with Crippen LogP contribution in [0.25, 0.3) is 0 Å². The van der Waals surface area contributed by atoms with Crippen LogP contribution in [-0.4, -0.2) is 60.9 Å². The minimum absolute atomic E-state index is 0.0137. The fourth-order valence-corrected chi connectivity index (χ4v) is 12.5. The fraction of sp³-hybridized carbons (Fsp3) is 0.848. The molecule has 2 aliphatic heterocycles. The van der Waals surface area contributed by atoms with E-state index in [0.29, 0.717) is 6.42 Å². The Hall–Kier alpha value is -2.27. The predicted molar refractivity (Wildman–Crippen MR) is 225 cm³/mol. The molecule has 10 heteroatoms. The Morgan fingerprint density at radius 3 is 1.98 bits per heavy atom. The second-order valence-corrected chi connectivity index (χ2v) is 24.0. The van der Waals surface area contributed by atoms with E-state index in [1.807, 2.05) is 6.20 Å². The van der Waals surface area contributed by atoms with Gasteiger partial charge in [-0.25, -0.2) is 14.1 Å². The number of rotatable bonds is 17. The van der Waals surface area contributed by atoms with Gasteiger partial charge in [0.2, 0.25) is 12.2 Å². The van der Waals surface area contributed by atoms with Crippen molar-refractivity contribution in [3.63, 3.8) is 0 Å². The molecule has 1 amide bonds. The van der Waals surface area contributed by atoms with Gasteiger partial charge < -0.3 is 31.4 Å². The van der Waals surface area contributed by atoms with E-state index in [1.54, 1.807) is 0 Å². The van der Waals surface area contributed by atoms with Gasteiger partial charge in [-0.2, -0.15) is 0 Å². The second-order valence-electron chi connectivity index (χ2n) is 24.0. The molecule has 6 N–H and O–H groups in total. The minimum Gasteiger partial charge on any atom is -0.353 e. The number of nitrogens with two attached hydrogens (primary N) is 3. The number of hydrogen-bond acceptors (Lipinski definition) is 6. The zero-order valence-electron chi connectivity index (χ0n) is 38.3. The first kappa shape index (κ1) is 43.3. The van der Waals surface area contributed by atoms with Crippen molar-refractivity contribution in [2.45, 2.75) is 196 Å². The van der Waals surface area contributed by atoms with Crippen LogP contribution in [0.5, 0.6) is 0 Å². The lowest BCUT2D eigenvalue weighted by Crippen LogP contribution is -2.59. The number of aryl methyl sites for hydroxylation is 1. The molecule has 0 bridgehead atoms. The normalized spacial score (nSPS) is 33.1. The lowest BCUT2D eigenvalue weighted by molar-refractivity contribution is -0.671. The zero-order valence-corrected chi connectivity index (χ0v) is 38.3. The lowest BCUT2D eigenvalue weighted by Gasteiger charge is -2.60. The summed E-state index contributed by atoms with van der Waals surface area (Å²) in [6.45, 7) is 36.7. The number of nitrogens with zero attached hydrogens (tertiary/aromatic N) is 5. The van der Waals surface area contributed by atoms with Crippen LogP contribution in [0.15, 0.2) is 37.4 Å². The molecule has 4 fully saturated rings. The number of hydrogen-bond donors (Lipinski definition) is 3. The summed E-state index contributed by atoms with van der Waals surface area (Å²) in [6, 6.07) is 0.0137. The Morgan fingerprint density at radius 2 is 1.54 bits per heavy atom. The van der Waals surface area contributed by atoms with Crippen molar-refractivity contribution in [3.05, 3.63) is 37.4 Å². The van der Waals surface area contributed by atoms with E-state index in [2.05, 4.69) is 166 Å². The SMILES string of the molecule is C[n+]1ccn(C2(CC(C)(C)C3(C)CC3(CC(C)(C)C(C)(C)C(C)(CC(C)(C)C(C)(C)C(CC(C)(C)N)N3CCCC3=O)C3OC3N)n3ccnc3)CC2(C)N)c1. The van der Waals surface area contributed by atoms with Gasteiger partial charge in [-0.05, 0) is 91.8 Å². The van der Waals surface area contributed by atoms with Gasteiger partial charge >= 0.3 is 0 Å². The molecular formula is C46H81N8O2+. The molecule has 4 heterocycles. The Bertz CT molecular complexity index is 1780. The molecule has 2 aliphatic carbocycles. The van der Waals surface area contributed by atoms with Crippen LogP contribution in [0, 0.1) is 37.9 Å². The number of likely N-dealkylation sites (tertiary alicyclic amines) is 1. The first-order chi connectivity index (χ1) is 25.3. The molecule has 0 aromatic carbocycles. The van der Waals surface area contributed by atoms with Crippen molar-refractivity contribution < 1.29 is 14.1 Å². The standard InChI is InChI=1S/C46H81N8O2/c1-36(2,40(9,10)32(24-39(7,8)48)54-20-17-18-33(54)55)25-42(13,34-35(47)56-34)41(11,12)37(3,4)26-45(52-21-19-50-30-52)28-43(45,14)38(5,6)27-46(29-44(46,15)49)53-23-22-51(16)31-53/h19,21-23,30-32,34-35H,17-18,20,24-29,47-49H2,1-16H3/q+1. The maximum absolute atomic E-state index is 13.4. The number of carbonyl (C=O) groups is 1. The van der Waals surface area contributed by atoms with Gasteiger partial charge in [0.1, 0.15) is 30.3 Å². The molecule has 316 valence electrons. The van der Waals surface area contributed by atoms with E-state index in [4.69, 9.17) is 21.9 Å². The second kappa shape index (κ2) is 12.9. The average molecular weight is 778 g/mol. The third-order valence-corrected chi connectivity index (χ3v) is 18.2. The van der Waals surface area contributed by atoms with Crippen LogP contribution in [-0.2, 0) is 27.7 Å². The molecular weight excluding hydrogens is 697 g/mol. The number of epoxide rings is 1. The molecule has 2 aromatic heterocycles. The van der Waals surface area contributed by atoms with E-state index in [1.165, 1.54) is 0 Å². The monoisotopic (exact) mass is 778 g/mol. The highest BCUT2D eigenvalue weighted by molar-refractivity contribution is 5.78. The number of carbonyl (C=O) groups excluding carboxylic acids is 1. The van der Waals surface area contributed by atoms with Gasteiger partial charge in [-0.15, -0.1) is 0 Å². The van der Waals surface area contributed by atoms with Gasteiger partial charge in [0, 0.05) is 48.8 Å². The predicted octanol–water partition coefficient (Wildman–Crippen LogP) is 7.24. The number of aromatic nitrogens is 4. The largest absolute Gasteiger partial charge is 0.353 e. The molecule has 2 aromatic rings. The van der Waals surface area contributed by atoms with Crippen molar-refractivity contribution in [1.29, 1.82) is 0 Å². The highest BCUT2D eigenvalue weighted by atomic mass is 16.6. The molecule has 0 radical (unpaired) electrons. The van der Waals surface area contributed by atoms with Crippen LogP contribution in [0.2, 0.25) is 0 Å². The molecule has 6 rings (SSSR count). The Kier molecular flexibility index (Phi) is 9.95.